The highest BCUT2D eigenvalue weighted by Gasteiger charge is 2.32. The molecule has 0 radical (unpaired) electrons. The Hall–Kier alpha value is -0.170. The molecule has 0 spiro atoms. The molecule has 112 valence electrons. The molecule has 0 aromatic rings. The van der Waals surface area contributed by atoms with E-state index in [-0.39, 0.29) is 5.75 Å². The van der Waals surface area contributed by atoms with E-state index in [1.54, 1.807) is 4.31 Å². The number of sulfonamides is 1. The first-order valence-electron chi connectivity index (χ1n) is 7.40. The van der Waals surface area contributed by atoms with Crippen molar-refractivity contribution in [2.24, 2.45) is 5.92 Å². The maximum absolute atomic E-state index is 12.4. The standard InChI is InChI=1S/C13H26N2O3S/c1-2-18-8-9-19(16,17)15(10-12-5-6-12)11-13-4-3-7-14-13/h12-14H,2-11H2,1H3. The highest BCUT2D eigenvalue weighted by atomic mass is 32.2. The molecule has 5 nitrogen and oxygen atoms in total. The molecule has 6 heteroatoms. The molecule has 2 fully saturated rings. The lowest BCUT2D eigenvalue weighted by molar-refractivity contribution is 0.162. The van der Waals surface area contributed by atoms with Crippen molar-refractivity contribution >= 4 is 10.0 Å². The van der Waals surface area contributed by atoms with Crippen molar-refractivity contribution in [1.82, 2.24) is 9.62 Å². The molecule has 0 amide bonds. The molecule has 1 aliphatic carbocycles. The zero-order valence-corrected chi connectivity index (χ0v) is 12.6. The fraction of sp³-hybridized carbons (Fsp3) is 1.00. The molecular weight excluding hydrogens is 264 g/mol. The van der Waals surface area contributed by atoms with Gasteiger partial charge >= 0.3 is 0 Å². The summed E-state index contributed by atoms with van der Waals surface area (Å²) in [6.07, 6.45) is 4.59. The summed E-state index contributed by atoms with van der Waals surface area (Å²) in [5.41, 5.74) is 0. The summed E-state index contributed by atoms with van der Waals surface area (Å²) in [6, 6.07) is 0.334. The number of nitrogens with one attached hydrogen (secondary N) is 1. The lowest BCUT2D eigenvalue weighted by Gasteiger charge is -2.25. The van der Waals surface area contributed by atoms with Crippen LogP contribution in [0.3, 0.4) is 0 Å². The molecule has 0 bridgehead atoms. The summed E-state index contributed by atoms with van der Waals surface area (Å²) < 4.78 is 31.6. The van der Waals surface area contributed by atoms with Gasteiger partial charge < -0.3 is 10.1 Å². The Morgan fingerprint density at radius 3 is 2.63 bits per heavy atom. The largest absolute Gasteiger partial charge is 0.381 e. The monoisotopic (exact) mass is 290 g/mol. The van der Waals surface area contributed by atoms with Gasteiger partial charge in [-0.3, -0.25) is 0 Å². The number of hydrogen-bond donors (Lipinski definition) is 1. The molecule has 1 N–H and O–H groups in total. The van der Waals surface area contributed by atoms with Crippen LogP contribution in [0.15, 0.2) is 0 Å². The highest BCUT2D eigenvalue weighted by Crippen LogP contribution is 2.30. The van der Waals surface area contributed by atoms with E-state index in [1.807, 2.05) is 6.92 Å². The SMILES string of the molecule is CCOCCS(=O)(=O)N(CC1CC1)CC1CCCN1. The van der Waals surface area contributed by atoms with Crippen molar-refractivity contribution in [3.05, 3.63) is 0 Å². The number of ether oxygens (including phenoxy) is 1. The molecule has 1 saturated heterocycles. The van der Waals surface area contributed by atoms with Gasteiger partial charge in [0.15, 0.2) is 0 Å². The van der Waals surface area contributed by atoms with E-state index >= 15 is 0 Å². The third kappa shape index (κ3) is 5.02. The Kier molecular flexibility index (Phi) is 5.62. The summed E-state index contributed by atoms with van der Waals surface area (Å²) in [5.74, 6) is 0.698. The van der Waals surface area contributed by atoms with Gasteiger partial charge in [-0.25, -0.2) is 12.7 Å². The zero-order chi connectivity index (χ0) is 13.7. The maximum atomic E-state index is 12.4. The minimum atomic E-state index is -3.17. The van der Waals surface area contributed by atoms with E-state index in [0.717, 1.165) is 19.4 Å². The first-order chi connectivity index (χ1) is 9.12. The van der Waals surface area contributed by atoms with E-state index in [0.29, 0.717) is 38.3 Å². The smallest absolute Gasteiger partial charge is 0.216 e. The topological polar surface area (TPSA) is 58.6 Å². The summed E-state index contributed by atoms with van der Waals surface area (Å²) in [7, 11) is -3.17. The highest BCUT2D eigenvalue weighted by molar-refractivity contribution is 7.89. The van der Waals surface area contributed by atoms with E-state index in [4.69, 9.17) is 4.74 Å². The fourth-order valence-electron chi connectivity index (χ4n) is 2.49. The molecule has 1 saturated carbocycles. The number of hydrogen-bond acceptors (Lipinski definition) is 4. The molecule has 2 aliphatic rings. The third-order valence-electron chi connectivity index (χ3n) is 3.83. The van der Waals surface area contributed by atoms with Gasteiger partial charge in [-0.15, -0.1) is 0 Å². The van der Waals surface area contributed by atoms with Gasteiger partial charge in [0.2, 0.25) is 10.0 Å². The second-order valence-electron chi connectivity index (χ2n) is 5.57. The molecule has 1 unspecified atom stereocenters. The van der Waals surface area contributed by atoms with Gasteiger partial charge in [-0.1, -0.05) is 0 Å². The van der Waals surface area contributed by atoms with Crippen LogP contribution in [0.25, 0.3) is 0 Å². The predicted molar refractivity (Wildman–Crippen MR) is 75.6 cm³/mol. The van der Waals surface area contributed by atoms with Crippen LogP contribution in [-0.2, 0) is 14.8 Å². The maximum Gasteiger partial charge on any atom is 0.216 e. The lowest BCUT2D eigenvalue weighted by Crippen LogP contribution is -2.43. The van der Waals surface area contributed by atoms with Crippen molar-refractivity contribution in [3.8, 4) is 0 Å². The summed E-state index contributed by atoms with van der Waals surface area (Å²) >= 11 is 0. The van der Waals surface area contributed by atoms with Crippen LogP contribution in [0.4, 0.5) is 0 Å². The second-order valence-corrected chi connectivity index (χ2v) is 7.66. The Balaban J connectivity index is 1.89. The van der Waals surface area contributed by atoms with Gasteiger partial charge in [0.25, 0.3) is 0 Å². The lowest BCUT2D eigenvalue weighted by atomic mass is 10.2. The quantitative estimate of drug-likeness (QED) is 0.639. The Labute approximate surface area is 116 Å². The number of nitrogens with zero attached hydrogens (tertiary/aromatic N) is 1. The molecule has 0 aromatic heterocycles. The van der Waals surface area contributed by atoms with Gasteiger partial charge in [0.05, 0.1) is 12.4 Å². The molecule has 0 aromatic carbocycles. The minimum absolute atomic E-state index is 0.111. The molecule has 1 atom stereocenters. The van der Waals surface area contributed by atoms with Crippen LogP contribution in [0.1, 0.15) is 32.6 Å². The van der Waals surface area contributed by atoms with Crippen LogP contribution < -0.4 is 5.32 Å². The van der Waals surface area contributed by atoms with Gasteiger partial charge in [-0.2, -0.15) is 0 Å². The average molecular weight is 290 g/mol. The van der Waals surface area contributed by atoms with Crippen LogP contribution in [0, 0.1) is 5.92 Å². The van der Waals surface area contributed by atoms with Crippen molar-refractivity contribution in [2.45, 2.75) is 38.6 Å². The van der Waals surface area contributed by atoms with Crippen molar-refractivity contribution < 1.29 is 13.2 Å². The molecule has 19 heavy (non-hydrogen) atoms. The normalized spacial score (nSPS) is 24.2. The Morgan fingerprint density at radius 1 is 1.26 bits per heavy atom. The van der Waals surface area contributed by atoms with E-state index in [2.05, 4.69) is 5.32 Å². The zero-order valence-electron chi connectivity index (χ0n) is 11.8. The Morgan fingerprint density at radius 2 is 2.05 bits per heavy atom. The second kappa shape index (κ2) is 7.02. The molecule has 2 rings (SSSR count). The summed E-state index contributed by atoms with van der Waals surface area (Å²) in [6.45, 7) is 5.11. The van der Waals surface area contributed by atoms with Gasteiger partial charge in [0.1, 0.15) is 0 Å². The summed E-state index contributed by atoms with van der Waals surface area (Å²) in [5, 5.41) is 3.38. The van der Waals surface area contributed by atoms with Crippen LogP contribution >= 0.6 is 0 Å². The van der Waals surface area contributed by atoms with Crippen molar-refractivity contribution in [3.63, 3.8) is 0 Å². The van der Waals surface area contributed by atoms with E-state index in [1.165, 1.54) is 12.8 Å². The van der Waals surface area contributed by atoms with Crippen LogP contribution in [0.2, 0.25) is 0 Å². The Bertz CT molecular complexity index is 362. The molecule has 1 heterocycles. The average Bonchev–Trinajstić information content (AvgIpc) is 3.03. The van der Waals surface area contributed by atoms with Crippen molar-refractivity contribution in [1.29, 1.82) is 0 Å². The first kappa shape index (κ1) is 15.2. The molecular formula is C13H26N2O3S. The predicted octanol–water partition coefficient (Wildman–Crippen LogP) is 0.817. The third-order valence-corrected chi connectivity index (χ3v) is 5.60. The van der Waals surface area contributed by atoms with E-state index in [9.17, 15) is 8.42 Å². The van der Waals surface area contributed by atoms with Crippen molar-refractivity contribution in [2.75, 3.05) is 38.6 Å². The minimum Gasteiger partial charge on any atom is -0.381 e. The van der Waals surface area contributed by atoms with Crippen LogP contribution in [-0.4, -0.2) is 57.4 Å². The number of rotatable bonds is 9. The fourth-order valence-corrected chi connectivity index (χ4v) is 3.92. The van der Waals surface area contributed by atoms with E-state index < -0.39 is 10.0 Å². The molecule has 1 aliphatic heterocycles. The van der Waals surface area contributed by atoms with Crippen LogP contribution in [0.5, 0.6) is 0 Å². The van der Waals surface area contributed by atoms with Gasteiger partial charge in [-0.05, 0) is 45.1 Å². The first-order valence-corrected chi connectivity index (χ1v) is 9.01. The van der Waals surface area contributed by atoms with Gasteiger partial charge in [0, 0.05) is 25.7 Å². The summed E-state index contributed by atoms with van der Waals surface area (Å²) in [4.78, 5) is 0.